The largest absolute Gasteiger partial charge is 0.481 e. The number of amides is 2. The summed E-state index contributed by atoms with van der Waals surface area (Å²) in [6.45, 7) is 0. The molecule has 6 nitrogen and oxygen atoms in total. The molecule has 0 bridgehead atoms. The van der Waals surface area contributed by atoms with Gasteiger partial charge in [0.1, 0.15) is 0 Å². The van der Waals surface area contributed by atoms with Gasteiger partial charge in [-0.05, 0) is 30.5 Å². The number of nitrogens with two attached hydrogens (primary N) is 2. The number of carboxylic acid groups (broad SMARTS) is 1. The Hall–Kier alpha value is -1.79. The highest BCUT2D eigenvalue weighted by atomic mass is 35.5. The van der Waals surface area contributed by atoms with E-state index in [0.29, 0.717) is 5.56 Å². The van der Waals surface area contributed by atoms with E-state index in [4.69, 9.17) is 39.8 Å². The highest BCUT2D eigenvalue weighted by Crippen LogP contribution is 2.37. The molecule has 0 heterocycles. The summed E-state index contributed by atoms with van der Waals surface area (Å²) in [5.41, 5.74) is 9.71. The molecule has 0 saturated heterocycles. The van der Waals surface area contributed by atoms with Crippen LogP contribution in [-0.4, -0.2) is 22.9 Å². The zero-order chi connectivity index (χ0) is 16.9. The van der Waals surface area contributed by atoms with Crippen molar-refractivity contribution in [3.63, 3.8) is 0 Å². The maximum Gasteiger partial charge on any atom is 0.303 e. The fourth-order valence-corrected chi connectivity index (χ4v) is 2.55. The van der Waals surface area contributed by atoms with Crippen molar-refractivity contribution in [1.82, 2.24) is 0 Å². The van der Waals surface area contributed by atoms with Gasteiger partial charge in [-0.15, -0.1) is 0 Å². The third-order valence-electron chi connectivity index (χ3n) is 3.51. The van der Waals surface area contributed by atoms with E-state index in [2.05, 4.69) is 0 Å². The fraction of sp³-hybridized carbons (Fsp3) is 0.357. The normalized spacial score (nSPS) is 13.4. The molecule has 0 fully saturated rings. The first-order valence-electron chi connectivity index (χ1n) is 6.44. The molecule has 0 aromatic heterocycles. The van der Waals surface area contributed by atoms with E-state index in [9.17, 15) is 14.4 Å². The second-order valence-electron chi connectivity index (χ2n) is 4.94. The Kier molecular flexibility index (Phi) is 6.20. The molecule has 120 valence electrons. The highest BCUT2D eigenvalue weighted by Gasteiger charge is 2.39. The third kappa shape index (κ3) is 4.35. The van der Waals surface area contributed by atoms with Crippen LogP contribution >= 0.6 is 23.2 Å². The maximum atomic E-state index is 12.0. The number of halogens is 2. The minimum absolute atomic E-state index is 0.00288. The minimum Gasteiger partial charge on any atom is -0.481 e. The van der Waals surface area contributed by atoms with Crippen LogP contribution in [0.3, 0.4) is 0 Å². The topological polar surface area (TPSA) is 123 Å². The Bertz CT molecular complexity index is 587. The molecule has 0 aliphatic heterocycles. The van der Waals surface area contributed by atoms with Crippen LogP contribution in [0.4, 0.5) is 0 Å². The number of carboxylic acids is 1. The molecule has 2 amide bonds. The number of carbonyl (C=O) groups is 3. The van der Waals surface area contributed by atoms with Crippen molar-refractivity contribution in [2.24, 2.45) is 11.5 Å². The Balaban J connectivity index is 3.31. The van der Waals surface area contributed by atoms with Crippen LogP contribution in [-0.2, 0) is 19.8 Å². The van der Waals surface area contributed by atoms with Crippen molar-refractivity contribution in [3.8, 4) is 0 Å². The van der Waals surface area contributed by atoms with Crippen LogP contribution in [0.15, 0.2) is 18.2 Å². The van der Waals surface area contributed by atoms with Gasteiger partial charge in [-0.2, -0.15) is 0 Å². The molecule has 0 aliphatic rings. The number of aliphatic carboxylic acids is 1. The highest BCUT2D eigenvalue weighted by molar-refractivity contribution is 6.42. The first-order valence-corrected chi connectivity index (χ1v) is 7.20. The van der Waals surface area contributed by atoms with E-state index in [-0.39, 0.29) is 35.7 Å². The number of hydrogen-bond acceptors (Lipinski definition) is 3. The molecule has 0 saturated carbocycles. The van der Waals surface area contributed by atoms with Gasteiger partial charge in [0.25, 0.3) is 0 Å². The summed E-state index contributed by atoms with van der Waals surface area (Å²) >= 11 is 11.8. The molecule has 5 N–H and O–H groups in total. The van der Waals surface area contributed by atoms with Crippen molar-refractivity contribution in [2.75, 3.05) is 0 Å². The van der Waals surface area contributed by atoms with Crippen LogP contribution in [0, 0.1) is 0 Å². The average molecular weight is 347 g/mol. The molecule has 0 spiro atoms. The molecule has 1 unspecified atom stereocenters. The van der Waals surface area contributed by atoms with Gasteiger partial charge < -0.3 is 16.6 Å². The number of carbonyl (C=O) groups excluding carboxylic acids is 2. The quantitative estimate of drug-likeness (QED) is 0.664. The lowest BCUT2D eigenvalue weighted by molar-refractivity contribution is -0.137. The van der Waals surface area contributed by atoms with E-state index in [0.717, 1.165) is 0 Å². The second kappa shape index (κ2) is 7.47. The van der Waals surface area contributed by atoms with Gasteiger partial charge in [0.05, 0.1) is 15.5 Å². The van der Waals surface area contributed by atoms with Gasteiger partial charge in [-0.3, -0.25) is 14.4 Å². The van der Waals surface area contributed by atoms with Crippen LogP contribution < -0.4 is 11.5 Å². The van der Waals surface area contributed by atoms with Crippen molar-refractivity contribution in [1.29, 1.82) is 0 Å². The van der Waals surface area contributed by atoms with Crippen LogP contribution in [0.2, 0.25) is 10.0 Å². The van der Waals surface area contributed by atoms with E-state index < -0.39 is 23.2 Å². The van der Waals surface area contributed by atoms with Gasteiger partial charge >= 0.3 is 5.97 Å². The molecule has 0 radical (unpaired) electrons. The summed E-state index contributed by atoms with van der Waals surface area (Å²) in [5, 5.41) is 9.39. The third-order valence-corrected chi connectivity index (χ3v) is 4.25. The van der Waals surface area contributed by atoms with Crippen LogP contribution in [0.5, 0.6) is 0 Å². The van der Waals surface area contributed by atoms with E-state index in [1.54, 1.807) is 6.07 Å². The molecule has 1 atom stereocenters. The molecular formula is C14H16Cl2N2O4. The van der Waals surface area contributed by atoms with Crippen LogP contribution in [0.1, 0.15) is 31.2 Å². The van der Waals surface area contributed by atoms with Crippen LogP contribution in [0.25, 0.3) is 0 Å². The first kappa shape index (κ1) is 18.3. The molecule has 1 aromatic carbocycles. The monoisotopic (exact) mass is 346 g/mol. The summed E-state index contributed by atoms with van der Waals surface area (Å²) in [4.78, 5) is 34.0. The lowest BCUT2D eigenvalue weighted by Gasteiger charge is -2.31. The van der Waals surface area contributed by atoms with Gasteiger partial charge in [-0.1, -0.05) is 29.3 Å². The number of primary amides is 2. The summed E-state index contributed by atoms with van der Waals surface area (Å²) < 4.78 is 0. The van der Waals surface area contributed by atoms with Crippen molar-refractivity contribution in [2.45, 2.75) is 31.1 Å². The molecular weight excluding hydrogens is 331 g/mol. The number of benzene rings is 1. The Morgan fingerprint density at radius 1 is 1.05 bits per heavy atom. The zero-order valence-corrected chi connectivity index (χ0v) is 13.2. The van der Waals surface area contributed by atoms with Gasteiger partial charge in [0, 0.05) is 12.8 Å². The molecule has 0 aliphatic carbocycles. The van der Waals surface area contributed by atoms with Crippen molar-refractivity contribution >= 4 is 41.0 Å². The summed E-state index contributed by atoms with van der Waals surface area (Å²) in [6, 6.07) is 4.49. The minimum atomic E-state index is -1.35. The summed E-state index contributed by atoms with van der Waals surface area (Å²) in [5.74, 6) is -2.43. The smallest absolute Gasteiger partial charge is 0.303 e. The predicted molar refractivity (Wildman–Crippen MR) is 82.6 cm³/mol. The molecule has 8 heteroatoms. The average Bonchev–Trinajstić information content (AvgIpc) is 2.41. The standard InChI is InChI=1S/C14H16Cl2N2O4/c15-9-2-1-8(7-10(9)16)14(13(18)22,5-3-11(17)19)6-4-12(20)21/h1-2,7H,3-6H2,(H2,17,19)(H2,18,22)(H,20,21). The Morgan fingerprint density at radius 2 is 1.64 bits per heavy atom. The van der Waals surface area contributed by atoms with E-state index >= 15 is 0 Å². The molecule has 1 aromatic rings. The Labute approximate surface area is 137 Å². The molecule has 22 heavy (non-hydrogen) atoms. The SMILES string of the molecule is NC(=O)CCC(CCC(=O)O)(C(N)=O)c1ccc(Cl)c(Cl)c1. The number of hydrogen-bond donors (Lipinski definition) is 3. The van der Waals surface area contributed by atoms with E-state index in [1.165, 1.54) is 12.1 Å². The van der Waals surface area contributed by atoms with E-state index in [1.807, 2.05) is 0 Å². The fourth-order valence-electron chi connectivity index (χ4n) is 2.25. The number of rotatable bonds is 8. The Morgan fingerprint density at radius 3 is 2.09 bits per heavy atom. The maximum absolute atomic E-state index is 12.0. The van der Waals surface area contributed by atoms with Crippen molar-refractivity contribution in [3.05, 3.63) is 33.8 Å². The van der Waals surface area contributed by atoms with Crippen molar-refractivity contribution < 1.29 is 19.5 Å². The van der Waals surface area contributed by atoms with Gasteiger partial charge in [-0.25, -0.2) is 0 Å². The van der Waals surface area contributed by atoms with Gasteiger partial charge in [0.2, 0.25) is 11.8 Å². The lowest BCUT2D eigenvalue weighted by atomic mass is 9.72. The zero-order valence-electron chi connectivity index (χ0n) is 11.6. The second-order valence-corrected chi connectivity index (χ2v) is 5.75. The molecule has 1 rings (SSSR count). The predicted octanol–water partition coefficient (Wildman–Crippen LogP) is 1.85. The van der Waals surface area contributed by atoms with Gasteiger partial charge in [0.15, 0.2) is 0 Å². The first-order chi connectivity index (χ1) is 10.2. The summed E-state index contributed by atoms with van der Waals surface area (Å²) in [6.07, 6.45) is -0.462. The lowest BCUT2D eigenvalue weighted by Crippen LogP contribution is -2.42. The summed E-state index contributed by atoms with van der Waals surface area (Å²) in [7, 11) is 0.